The van der Waals surface area contributed by atoms with Crippen LogP contribution in [0, 0.1) is 6.92 Å². The standard InChI is InChI=1S/C14H20FO/c1-2-3-6-13-7-9-14(10-8-13)16-12-5-4-11-15/h7-10H,1-6,11-12H2. The first-order valence-corrected chi connectivity index (χ1v) is 5.93. The average molecular weight is 223 g/mol. The van der Waals surface area contributed by atoms with Gasteiger partial charge in [0.15, 0.2) is 0 Å². The third-order valence-corrected chi connectivity index (χ3v) is 2.44. The molecule has 0 N–H and O–H groups in total. The van der Waals surface area contributed by atoms with Gasteiger partial charge in [0.1, 0.15) is 5.75 Å². The van der Waals surface area contributed by atoms with Crippen molar-refractivity contribution in [2.75, 3.05) is 13.3 Å². The van der Waals surface area contributed by atoms with Gasteiger partial charge in [-0.1, -0.05) is 25.5 Å². The second kappa shape index (κ2) is 8.14. The number of rotatable bonds is 8. The van der Waals surface area contributed by atoms with Crippen LogP contribution in [-0.2, 0) is 6.42 Å². The number of benzene rings is 1. The van der Waals surface area contributed by atoms with E-state index in [0.717, 1.165) is 31.4 Å². The molecule has 1 aromatic carbocycles. The topological polar surface area (TPSA) is 9.23 Å². The van der Waals surface area contributed by atoms with Crippen LogP contribution in [0.15, 0.2) is 24.3 Å². The van der Waals surface area contributed by atoms with E-state index in [1.165, 1.54) is 5.56 Å². The molecule has 1 aromatic rings. The van der Waals surface area contributed by atoms with Gasteiger partial charge >= 0.3 is 0 Å². The highest BCUT2D eigenvalue weighted by Gasteiger charge is 1.95. The maximum Gasteiger partial charge on any atom is 0.119 e. The van der Waals surface area contributed by atoms with Crippen molar-refractivity contribution in [2.45, 2.75) is 32.1 Å². The van der Waals surface area contributed by atoms with Gasteiger partial charge in [0.05, 0.1) is 13.3 Å². The maximum atomic E-state index is 11.8. The molecule has 0 heterocycles. The zero-order chi connectivity index (χ0) is 11.6. The highest BCUT2D eigenvalue weighted by atomic mass is 19.1. The van der Waals surface area contributed by atoms with E-state index in [9.17, 15) is 4.39 Å². The van der Waals surface area contributed by atoms with Crippen LogP contribution in [0.3, 0.4) is 0 Å². The molecule has 0 aromatic heterocycles. The Balaban J connectivity index is 2.27. The summed E-state index contributed by atoms with van der Waals surface area (Å²) < 4.78 is 17.3. The lowest BCUT2D eigenvalue weighted by atomic mass is 10.1. The van der Waals surface area contributed by atoms with E-state index in [0.29, 0.717) is 13.0 Å². The first-order valence-electron chi connectivity index (χ1n) is 5.93. The number of hydrogen-bond acceptors (Lipinski definition) is 1. The van der Waals surface area contributed by atoms with Gasteiger partial charge < -0.3 is 4.74 Å². The molecule has 1 radical (unpaired) electrons. The van der Waals surface area contributed by atoms with Crippen molar-refractivity contribution in [1.29, 1.82) is 0 Å². The van der Waals surface area contributed by atoms with Crippen molar-refractivity contribution in [2.24, 2.45) is 0 Å². The Bertz CT molecular complexity index is 269. The summed E-state index contributed by atoms with van der Waals surface area (Å²) in [6.07, 6.45) is 4.53. The molecule has 0 bridgehead atoms. The Labute approximate surface area is 97.6 Å². The zero-order valence-electron chi connectivity index (χ0n) is 9.75. The molecule has 0 amide bonds. The Morgan fingerprint density at radius 2 is 1.81 bits per heavy atom. The van der Waals surface area contributed by atoms with Gasteiger partial charge in [-0.15, -0.1) is 0 Å². The van der Waals surface area contributed by atoms with Crippen LogP contribution in [-0.4, -0.2) is 13.3 Å². The molecule has 0 saturated carbocycles. The molecule has 1 nitrogen and oxygen atoms in total. The Morgan fingerprint density at radius 1 is 1.06 bits per heavy atom. The van der Waals surface area contributed by atoms with E-state index in [2.05, 4.69) is 19.1 Å². The van der Waals surface area contributed by atoms with E-state index in [1.54, 1.807) is 0 Å². The van der Waals surface area contributed by atoms with Gasteiger partial charge in [0.2, 0.25) is 0 Å². The quantitative estimate of drug-likeness (QED) is 0.606. The van der Waals surface area contributed by atoms with Crippen molar-refractivity contribution in [3.8, 4) is 5.75 Å². The van der Waals surface area contributed by atoms with Gasteiger partial charge in [-0.2, -0.15) is 0 Å². The molecule has 0 aliphatic carbocycles. The average Bonchev–Trinajstić information content (AvgIpc) is 2.33. The molecule has 16 heavy (non-hydrogen) atoms. The highest BCUT2D eigenvalue weighted by Crippen LogP contribution is 2.14. The normalized spacial score (nSPS) is 10.4. The summed E-state index contributed by atoms with van der Waals surface area (Å²) in [6.45, 7) is 4.16. The Hall–Kier alpha value is -1.05. The molecule has 89 valence electrons. The monoisotopic (exact) mass is 223 g/mol. The smallest absolute Gasteiger partial charge is 0.119 e. The van der Waals surface area contributed by atoms with Crippen molar-refractivity contribution in [3.05, 3.63) is 36.8 Å². The number of alkyl halides is 1. The summed E-state index contributed by atoms with van der Waals surface area (Å²) in [7, 11) is 0. The number of ether oxygens (including phenoxy) is 1. The van der Waals surface area contributed by atoms with E-state index < -0.39 is 0 Å². The molecule has 0 spiro atoms. The largest absolute Gasteiger partial charge is 0.494 e. The molecule has 2 heteroatoms. The molecular formula is C14H20FO. The fraction of sp³-hybridized carbons (Fsp3) is 0.500. The summed E-state index contributed by atoms with van der Waals surface area (Å²) in [5.41, 5.74) is 1.32. The molecule has 0 aliphatic heterocycles. The van der Waals surface area contributed by atoms with Gasteiger partial charge in [-0.3, -0.25) is 4.39 Å². The SMILES string of the molecule is [CH2]CCCc1ccc(OCCCCF)cc1. The van der Waals surface area contributed by atoms with Crippen molar-refractivity contribution < 1.29 is 9.13 Å². The first kappa shape index (κ1) is 13.0. The van der Waals surface area contributed by atoms with E-state index >= 15 is 0 Å². The molecule has 1 rings (SSSR count). The predicted octanol–water partition coefficient (Wildman–Crippen LogP) is 3.97. The van der Waals surface area contributed by atoms with Crippen LogP contribution in [0.4, 0.5) is 4.39 Å². The fourth-order valence-corrected chi connectivity index (χ4v) is 1.47. The van der Waals surface area contributed by atoms with Crippen LogP contribution in [0.25, 0.3) is 0 Å². The highest BCUT2D eigenvalue weighted by molar-refractivity contribution is 5.27. The lowest BCUT2D eigenvalue weighted by molar-refractivity contribution is 0.297. The van der Waals surface area contributed by atoms with Gasteiger partial charge in [-0.25, -0.2) is 0 Å². The van der Waals surface area contributed by atoms with E-state index in [1.807, 2.05) is 12.1 Å². The molecule has 0 atom stereocenters. The van der Waals surface area contributed by atoms with Gasteiger partial charge in [0, 0.05) is 0 Å². The van der Waals surface area contributed by atoms with E-state index in [4.69, 9.17) is 4.74 Å². The summed E-state index contributed by atoms with van der Waals surface area (Å²) in [4.78, 5) is 0. The van der Waals surface area contributed by atoms with E-state index in [-0.39, 0.29) is 6.67 Å². The van der Waals surface area contributed by atoms with Crippen molar-refractivity contribution in [3.63, 3.8) is 0 Å². The zero-order valence-corrected chi connectivity index (χ0v) is 9.75. The first-order chi connectivity index (χ1) is 7.86. The minimum absolute atomic E-state index is 0.257. The minimum Gasteiger partial charge on any atom is -0.494 e. The summed E-state index contributed by atoms with van der Waals surface area (Å²) >= 11 is 0. The fourth-order valence-electron chi connectivity index (χ4n) is 1.47. The Kier molecular flexibility index (Phi) is 6.62. The number of unbranched alkanes of at least 4 members (excludes halogenated alkanes) is 2. The second-order valence-electron chi connectivity index (χ2n) is 3.85. The summed E-state index contributed by atoms with van der Waals surface area (Å²) in [5, 5.41) is 0. The molecular weight excluding hydrogens is 203 g/mol. The number of hydrogen-bond donors (Lipinski definition) is 0. The van der Waals surface area contributed by atoms with Gasteiger partial charge in [0.25, 0.3) is 0 Å². The van der Waals surface area contributed by atoms with Crippen molar-refractivity contribution >= 4 is 0 Å². The number of halogens is 1. The third-order valence-electron chi connectivity index (χ3n) is 2.44. The minimum atomic E-state index is -0.257. The van der Waals surface area contributed by atoms with Crippen molar-refractivity contribution in [1.82, 2.24) is 0 Å². The Morgan fingerprint density at radius 3 is 2.44 bits per heavy atom. The van der Waals surface area contributed by atoms with Crippen LogP contribution in [0.5, 0.6) is 5.75 Å². The maximum absolute atomic E-state index is 11.8. The molecule has 0 fully saturated rings. The van der Waals surface area contributed by atoms with Gasteiger partial charge in [-0.05, 0) is 43.4 Å². The second-order valence-corrected chi connectivity index (χ2v) is 3.85. The predicted molar refractivity (Wildman–Crippen MR) is 65.4 cm³/mol. The van der Waals surface area contributed by atoms with Crippen LogP contribution < -0.4 is 4.74 Å². The van der Waals surface area contributed by atoms with Crippen LogP contribution >= 0.6 is 0 Å². The summed E-state index contributed by atoms with van der Waals surface area (Å²) in [5.74, 6) is 0.872. The lowest BCUT2D eigenvalue weighted by Gasteiger charge is -2.06. The summed E-state index contributed by atoms with van der Waals surface area (Å²) in [6, 6.07) is 8.13. The molecule has 0 unspecified atom stereocenters. The molecule has 0 saturated heterocycles. The number of aryl methyl sites for hydroxylation is 1. The third kappa shape index (κ3) is 5.15. The van der Waals surface area contributed by atoms with Crippen LogP contribution in [0.1, 0.15) is 31.2 Å². The lowest BCUT2D eigenvalue weighted by Crippen LogP contribution is -1.97. The van der Waals surface area contributed by atoms with Crippen LogP contribution in [0.2, 0.25) is 0 Å². The molecule has 0 aliphatic rings.